The number of thiazole rings is 1. The molecule has 1 aliphatic carbocycles. The summed E-state index contributed by atoms with van der Waals surface area (Å²) in [4.78, 5) is 16.0. The maximum Gasteiger partial charge on any atom is 0.307 e. The van der Waals surface area contributed by atoms with Gasteiger partial charge in [0.1, 0.15) is 0 Å². The van der Waals surface area contributed by atoms with Crippen LogP contribution >= 0.6 is 11.3 Å². The van der Waals surface area contributed by atoms with Gasteiger partial charge in [-0.2, -0.15) is 0 Å². The van der Waals surface area contributed by atoms with Gasteiger partial charge in [0.05, 0.1) is 21.1 Å². The van der Waals surface area contributed by atoms with E-state index in [2.05, 4.69) is 31.0 Å². The third kappa shape index (κ3) is 2.25. The Labute approximate surface area is 116 Å². The molecule has 3 rings (SSSR count). The molecule has 0 amide bonds. The lowest BCUT2D eigenvalue weighted by Gasteiger charge is -2.11. The minimum absolute atomic E-state index is 0.0882. The predicted octanol–water partition coefficient (Wildman–Crippen LogP) is 3.82. The SMILES string of the molecule is Cc1ccc2nc(C3CC(C)CC3C(=O)O)sc2c1. The summed E-state index contributed by atoms with van der Waals surface area (Å²) in [7, 11) is 0. The highest BCUT2D eigenvalue weighted by molar-refractivity contribution is 7.18. The fourth-order valence-corrected chi connectivity index (χ4v) is 4.29. The Morgan fingerprint density at radius 1 is 1.42 bits per heavy atom. The number of rotatable bonds is 2. The highest BCUT2D eigenvalue weighted by atomic mass is 32.1. The molecule has 0 saturated heterocycles. The van der Waals surface area contributed by atoms with E-state index in [1.54, 1.807) is 11.3 Å². The molecule has 3 atom stereocenters. The van der Waals surface area contributed by atoms with Crippen molar-refractivity contribution in [1.82, 2.24) is 4.98 Å². The summed E-state index contributed by atoms with van der Waals surface area (Å²) >= 11 is 1.66. The Hall–Kier alpha value is -1.42. The molecule has 1 N–H and O–H groups in total. The second kappa shape index (κ2) is 4.60. The van der Waals surface area contributed by atoms with Crippen LogP contribution in [0, 0.1) is 18.8 Å². The van der Waals surface area contributed by atoms with Gasteiger partial charge in [0, 0.05) is 5.92 Å². The van der Waals surface area contributed by atoms with Gasteiger partial charge in [-0.1, -0.05) is 13.0 Å². The average Bonchev–Trinajstić information content (AvgIpc) is 2.91. The van der Waals surface area contributed by atoms with Gasteiger partial charge in [-0.25, -0.2) is 4.98 Å². The van der Waals surface area contributed by atoms with Crippen molar-refractivity contribution in [2.45, 2.75) is 32.6 Å². The molecule has 1 aromatic heterocycles. The smallest absolute Gasteiger partial charge is 0.307 e. The van der Waals surface area contributed by atoms with Crippen LogP contribution in [-0.2, 0) is 4.79 Å². The van der Waals surface area contributed by atoms with Crippen molar-refractivity contribution < 1.29 is 9.90 Å². The molecular weight excluding hydrogens is 258 g/mol. The van der Waals surface area contributed by atoms with Crippen LogP contribution in [0.15, 0.2) is 18.2 Å². The van der Waals surface area contributed by atoms with E-state index in [9.17, 15) is 9.90 Å². The zero-order valence-corrected chi connectivity index (χ0v) is 11.9. The molecule has 1 aromatic carbocycles. The van der Waals surface area contributed by atoms with E-state index in [-0.39, 0.29) is 11.8 Å². The molecule has 1 saturated carbocycles. The van der Waals surface area contributed by atoms with Crippen molar-refractivity contribution in [3.63, 3.8) is 0 Å². The summed E-state index contributed by atoms with van der Waals surface area (Å²) < 4.78 is 1.17. The molecule has 100 valence electrons. The zero-order chi connectivity index (χ0) is 13.6. The summed E-state index contributed by atoms with van der Waals surface area (Å²) in [5.74, 6) is -0.383. The molecule has 19 heavy (non-hydrogen) atoms. The van der Waals surface area contributed by atoms with Gasteiger partial charge < -0.3 is 5.11 Å². The van der Waals surface area contributed by atoms with Crippen LogP contribution < -0.4 is 0 Å². The van der Waals surface area contributed by atoms with Crippen molar-refractivity contribution in [2.24, 2.45) is 11.8 Å². The number of aromatic nitrogens is 1. The van der Waals surface area contributed by atoms with Crippen LogP contribution in [0.25, 0.3) is 10.2 Å². The van der Waals surface area contributed by atoms with Crippen molar-refractivity contribution in [3.8, 4) is 0 Å². The number of carboxylic acids is 1. The Bertz CT molecular complexity index is 634. The maximum absolute atomic E-state index is 11.4. The van der Waals surface area contributed by atoms with Crippen molar-refractivity contribution in [2.75, 3.05) is 0 Å². The van der Waals surface area contributed by atoms with Gasteiger partial charge >= 0.3 is 5.97 Å². The van der Waals surface area contributed by atoms with Crippen LogP contribution in [0.4, 0.5) is 0 Å². The summed E-state index contributed by atoms with van der Waals surface area (Å²) in [6.45, 7) is 4.20. The van der Waals surface area contributed by atoms with Gasteiger partial charge in [0.25, 0.3) is 0 Å². The molecule has 3 nitrogen and oxygen atoms in total. The fourth-order valence-electron chi connectivity index (χ4n) is 3.05. The van der Waals surface area contributed by atoms with Gasteiger partial charge in [-0.3, -0.25) is 4.79 Å². The van der Waals surface area contributed by atoms with E-state index in [0.717, 1.165) is 23.4 Å². The lowest BCUT2D eigenvalue weighted by atomic mass is 9.97. The summed E-state index contributed by atoms with van der Waals surface area (Å²) in [6.07, 6.45) is 1.71. The first kappa shape index (κ1) is 12.6. The third-order valence-corrected chi connectivity index (χ3v) is 5.14. The molecule has 1 fully saturated rings. The van der Waals surface area contributed by atoms with E-state index in [1.807, 2.05) is 6.07 Å². The number of fused-ring (bicyclic) bond motifs is 1. The highest BCUT2D eigenvalue weighted by Crippen LogP contribution is 2.45. The van der Waals surface area contributed by atoms with Crippen LogP contribution in [0.5, 0.6) is 0 Å². The van der Waals surface area contributed by atoms with Gasteiger partial charge in [-0.05, 0) is 43.4 Å². The second-order valence-electron chi connectivity index (χ2n) is 5.65. The first-order valence-corrected chi connectivity index (χ1v) is 7.46. The quantitative estimate of drug-likeness (QED) is 0.906. The normalized spacial score (nSPS) is 26.9. The second-order valence-corrected chi connectivity index (χ2v) is 6.71. The number of benzene rings is 1. The van der Waals surface area contributed by atoms with E-state index in [4.69, 9.17) is 0 Å². The van der Waals surface area contributed by atoms with Crippen molar-refractivity contribution >= 4 is 27.5 Å². The minimum atomic E-state index is -0.676. The summed E-state index contributed by atoms with van der Waals surface area (Å²) in [5, 5.41) is 10.4. The van der Waals surface area contributed by atoms with E-state index < -0.39 is 5.97 Å². The number of carboxylic acid groups (broad SMARTS) is 1. The molecule has 1 aliphatic rings. The molecule has 0 aliphatic heterocycles. The number of hydrogen-bond donors (Lipinski definition) is 1. The van der Waals surface area contributed by atoms with E-state index in [0.29, 0.717) is 5.92 Å². The van der Waals surface area contributed by atoms with Crippen LogP contribution in [0.2, 0.25) is 0 Å². The average molecular weight is 275 g/mol. The number of aryl methyl sites for hydroxylation is 1. The van der Waals surface area contributed by atoms with Crippen molar-refractivity contribution in [3.05, 3.63) is 28.8 Å². The minimum Gasteiger partial charge on any atom is -0.481 e. The molecular formula is C15H17NO2S. The fraction of sp³-hybridized carbons (Fsp3) is 0.467. The molecule has 0 spiro atoms. The zero-order valence-electron chi connectivity index (χ0n) is 11.1. The Kier molecular flexibility index (Phi) is 3.05. The number of nitrogens with zero attached hydrogens (tertiary/aromatic N) is 1. The highest BCUT2D eigenvalue weighted by Gasteiger charge is 2.39. The summed E-state index contributed by atoms with van der Waals surface area (Å²) in [6, 6.07) is 6.21. The van der Waals surface area contributed by atoms with Crippen molar-refractivity contribution in [1.29, 1.82) is 0 Å². The number of hydrogen-bond acceptors (Lipinski definition) is 3. The van der Waals surface area contributed by atoms with Gasteiger partial charge in [0.2, 0.25) is 0 Å². The molecule has 2 aromatic rings. The monoisotopic (exact) mass is 275 g/mol. The van der Waals surface area contributed by atoms with E-state index >= 15 is 0 Å². The molecule has 3 unspecified atom stereocenters. The van der Waals surface area contributed by atoms with Gasteiger partial charge in [0.15, 0.2) is 0 Å². The Morgan fingerprint density at radius 3 is 2.95 bits per heavy atom. The maximum atomic E-state index is 11.4. The number of carbonyl (C=O) groups is 1. The molecule has 0 bridgehead atoms. The summed E-state index contributed by atoms with van der Waals surface area (Å²) in [5.41, 5.74) is 2.21. The standard InChI is InChI=1S/C15H17NO2S/c1-8-3-4-12-13(7-8)19-14(16-12)10-5-9(2)6-11(10)15(17)18/h3-4,7,9-11H,5-6H2,1-2H3,(H,17,18). The predicted molar refractivity (Wildman–Crippen MR) is 76.6 cm³/mol. The van der Waals surface area contributed by atoms with Crippen LogP contribution in [0.3, 0.4) is 0 Å². The Morgan fingerprint density at radius 2 is 2.21 bits per heavy atom. The lowest BCUT2D eigenvalue weighted by Crippen LogP contribution is -2.16. The Balaban J connectivity index is 2.01. The largest absolute Gasteiger partial charge is 0.481 e. The van der Waals surface area contributed by atoms with Crippen LogP contribution in [-0.4, -0.2) is 16.1 Å². The molecule has 0 radical (unpaired) electrons. The lowest BCUT2D eigenvalue weighted by molar-refractivity contribution is -0.142. The first-order chi connectivity index (χ1) is 9.04. The molecule has 4 heteroatoms. The molecule has 1 heterocycles. The topological polar surface area (TPSA) is 50.2 Å². The number of aliphatic carboxylic acids is 1. The van der Waals surface area contributed by atoms with Gasteiger partial charge in [-0.15, -0.1) is 11.3 Å². The third-order valence-electron chi connectivity index (χ3n) is 3.99. The van der Waals surface area contributed by atoms with Crippen LogP contribution in [0.1, 0.15) is 36.3 Å². The van der Waals surface area contributed by atoms with E-state index in [1.165, 1.54) is 10.3 Å². The first-order valence-electron chi connectivity index (χ1n) is 6.64.